The number of guanidine groups is 1. The molecule has 1 saturated heterocycles. The van der Waals surface area contributed by atoms with Gasteiger partial charge in [0.2, 0.25) is 5.91 Å². The molecular formula is C21H34N4O2. The average molecular weight is 375 g/mol. The molecule has 2 atom stereocenters. The lowest BCUT2D eigenvalue weighted by Crippen LogP contribution is -2.45. The molecule has 6 nitrogen and oxygen atoms in total. The van der Waals surface area contributed by atoms with Crippen molar-refractivity contribution >= 4 is 11.9 Å². The molecule has 2 N–H and O–H groups in total. The molecule has 2 rings (SSSR count). The molecule has 1 aliphatic heterocycles. The van der Waals surface area contributed by atoms with Gasteiger partial charge < -0.3 is 20.3 Å². The minimum absolute atomic E-state index is 0.0224. The van der Waals surface area contributed by atoms with Crippen LogP contribution in [0.15, 0.2) is 29.3 Å². The Morgan fingerprint density at radius 2 is 2.00 bits per heavy atom. The third-order valence-electron chi connectivity index (χ3n) is 4.54. The van der Waals surface area contributed by atoms with Crippen molar-refractivity contribution in [1.82, 2.24) is 15.5 Å². The Bertz CT molecular complexity index is 628. The summed E-state index contributed by atoms with van der Waals surface area (Å²) in [5, 5.41) is 6.74. The lowest BCUT2D eigenvalue weighted by Gasteiger charge is -2.21. The van der Waals surface area contributed by atoms with Gasteiger partial charge in [0.15, 0.2) is 5.96 Å². The summed E-state index contributed by atoms with van der Waals surface area (Å²) in [5.74, 6) is 1.91. The second-order valence-electron chi connectivity index (χ2n) is 7.53. The van der Waals surface area contributed by atoms with Gasteiger partial charge in [0.05, 0.1) is 6.54 Å². The summed E-state index contributed by atoms with van der Waals surface area (Å²) in [6.07, 6.45) is 0.920. The number of hydrogen-bond acceptors (Lipinski definition) is 3. The van der Waals surface area contributed by atoms with Crippen LogP contribution in [-0.4, -0.2) is 55.1 Å². The summed E-state index contributed by atoms with van der Waals surface area (Å²) in [6.45, 7) is 12.9. The Morgan fingerprint density at radius 3 is 2.63 bits per heavy atom. The third kappa shape index (κ3) is 6.77. The number of amides is 1. The second kappa shape index (κ2) is 10.2. The lowest BCUT2D eigenvalue weighted by molar-refractivity contribution is -0.133. The van der Waals surface area contributed by atoms with E-state index in [9.17, 15) is 4.79 Å². The molecule has 150 valence electrons. The first-order valence-corrected chi connectivity index (χ1v) is 9.96. The van der Waals surface area contributed by atoms with Crippen LogP contribution < -0.4 is 15.4 Å². The second-order valence-corrected chi connectivity index (χ2v) is 7.53. The van der Waals surface area contributed by atoms with Crippen LogP contribution in [0.4, 0.5) is 0 Å². The van der Waals surface area contributed by atoms with Crippen LogP contribution >= 0.6 is 0 Å². The predicted molar refractivity (Wildman–Crippen MR) is 110 cm³/mol. The standard InChI is InChI=1S/C21H34N4O2/c1-6-22-21(24-18-11-12-25(14-18)20(26)15(2)3)23-13-17(5)27-19-9-7-16(4)8-10-19/h7-10,15,17-18H,6,11-14H2,1-5H3,(H2,22,23,24). The molecule has 0 radical (unpaired) electrons. The van der Waals surface area contributed by atoms with Gasteiger partial charge in [-0.3, -0.25) is 4.79 Å². The van der Waals surface area contributed by atoms with Crippen molar-refractivity contribution in [3.05, 3.63) is 29.8 Å². The van der Waals surface area contributed by atoms with Crippen LogP contribution in [0.3, 0.4) is 0 Å². The Labute approximate surface area is 163 Å². The number of carbonyl (C=O) groups is 1. The maximum Gasteiger partial charge on any atom is 0.225 e. The molecule has 27 heavy (non-hydrogen) atoms. The molecule has 0 bridgehead atoms. The zero-order chi connectivity index (χ0) is 19.8. The number of nitrogens with zero attached hydrogens (tertiary/aromatic N) is 2. The van der Waals surface area contributed by atoms with Gasteiger partial charge in [0.1, 0.15) is 11.9 Å². The van der Waals surface area contributed by atoms with Crippen molar-refractivity contribution in [2.45, 2.75) is 53.2 Å². The molecule has 1 aromatic rings. The van der Waals surface area contributed by atoms with E-state index in [1.54, 1.807) is 0 Å². The number of benzene rings is 1. The maximum absolute atomic E-state index is 12.1. The average Bonchev–Trinajstić information content (AvgIpc) is 3.09. The minimum Gasteiger partial charge on any atom is -0.489 e. The highest BCUT2D eigenvalue weighted by molar-refractivity contribution is 5.81. The number of rotatable bonds is 7. The van der Waals surface area contributed by atoms with Crippen LogP contribution in [0.2, 0.25) is 0 Å². The van der Waals surface area contributed by atoms with E-state index in [0.717, 1.165) is 37.8 Å². The van der Waals surface area contributed by atoms with Gasteiger partial charge in [-0.05, 0) is 39.3 Å². The first kappa shape index (κ1) is 21.1. The molecule has 0 aliphatic carbocycles. The number of likely N-dealkylation sites (tertiary alicyclic amines) is 1. The van der Waals surface area contributed by atoms with Crippen molar-refractivity contribution in [3.63, 3.8) is 0 Å². The highest BCUT2D eigenvalue weighted by Crippen LogP contribution is 2.14. The summed E-state index contributed by atoms with van der Waals surface area (Å²) in [6, 6.07) is 8.29. The van der Waals surface area contributed by atoms with E-state index >= 15 is 0 Å². The molecule has 6 heteroatoms. The predicted octanol–water partition coefficient (Wildman–Crippen LogP) is 2.57. The summed E-state index contributed by atoms with van der Waals surface area (Å²) in [5.41, 5.74) is 1.22. The first-order chi connectivity index (χ1) is 12.9. The van der Waals surface area contributed by atoms with E-state index in [-0.39, 0.29) is 24.0 Å². The number of aliphatic imine (C=N–C) groups is 1. The van der Waals surface area contributed by atoms with Crippen LogP contribution in [0.5, 0.6) is 5.75 Å². The Balaban J connectivity index is 1.86. The van der Waals surface area contributed by atoms with Gasteiger partial charge in [0.25, 0.3) is 0 Å². The van der Waals surface area contributed by atoms with Crippen LogP contribution in [0, 0.1) is 12.8 Å². The Morgan fingerprint density at radius 1 is 1.30 bits per heavy atom. The van der Waals surface area contributed by atoms with Crippen molar-refractivity contribution < 1.29 is 9.53 Å². The molecule has 0 saturated carbocycles. The summed E-state index contributed by atoms with van der Waals surface area (Å²) in [7, 11) is 0. The number of hydrogen-bond donors (Lipinski definition) is 2. The zero-order valence-electron chi connectivity index (χ0n) is 17.3. The smallest absolute Gasteiger partial charge is 0.225 e. The van der Waals surface area contributed by atoms with Gasteiger partial charge in [-0.25, -0.2) is 4.99 Å². The van der Waals surface area contributed by atoms with Gasteiger partial charge in [-0.15, -0.1) is 0 Å². The number of aryl methyl sites for hydroxylation is 1. The molecule has 1 aromatic carbocycles. The highest BCUT2D eigenvalue weighted by Gasteiger charge is 2.27. The molecule has 1 amide bonds. The van der Waals surface area contributed by atoms with E-state index in [4.69, 9.17) is 4.74 Å². The largest absolute Gasteiger partial charge is 0.489 e. The normalized spacial score (nSPS) is 18.5. The quantitative estimate of drug-likeness (QED) is 0.569. The molecular weight excluding hydrogens is 340 g/mol. The topological polar surface area (TPSA) is 66.0 Å². The van der Waals surface area contributed by atoms with Crippen LogP contribution in [0.1, 0.15) is 39.7 Å². The van der Waals surface area contributed by atoms with Gasteiger partial charge in [0, 0.05) is 31.6 Å². The highest BCUT2D eigenvalue weighted by atomic mass is 16.5. The number of ether oxygens (including phenoxy) is 1. The molecule has 1 fully saturated rings. The molecule has 0 aromatic heterocycles. The Hall–Kier alpha value is -2.24. The van der Waals surface area contributed by atoms with Crippen LogP contribution in [0.25, 0.3) is 0 Å². The zero-order valence-corrected chi connectivity index (χ0v) is 17.3. The van der Waals surface area contributed by atoms with E-state index in [1.165, 1.54) is 5.56 Å². The fraction of sp³-hybridized carbons (Fsp3) is 0.619. The van der Waals surface area contributed by atoms with Gasteiger partial charge in [-0.1, -0.05) is 31.5 Å². The van der Waals surface area contributed by atoms with E-state index in [0.29, 0.717) is 6.54 Å². The third-order valence-corrected chi connectivity index (χ3v) is 4.54. The van der Waals surface area contributed by atoms with Crippen molar-refractivity contribution in [2.75, 3.05) is 26.2 Å². The van der Waals surface area contributed by atoms with Crippen LogP contribution in [-0.2, 0) is 4.79 Å². The van der Waals surface area contributed by atoms with Crippen molar-refractivity contribution in [3.8, 4) is 5.75 Å². The van der Waals surface area contributed by atoms with Gasteiger partial charge >= 0.3 is 0 Å². The molecule has 1 aliphatic rings. The Kier molecular flexibility index (Phi) is 7.95. The maximum atomic E-state index is 12.1. The van der Waals surface area contributed by atoms with Crippen molar-refractivity contribution in [1.29, 1.82) is 0 Å². The fourth-order valence-corrected chi connectivity index (χ4v) is 3.06. The monoisotopic (exact) mass is 374 g/mol. The van der Waals surface area contributed by atoms with Gasteiger partial charge in [-0.2, -0.15) is 0 Å². The van der Waals surface area contributed by atoms with E-state index < -0.39 is 0 Å². The minimum atomic E-state index is -0.0224. The van der Waals surface area contributed by atoms with Crippen molar-refractivity contribution in [2.24, 2.45) is 10.9 Å². The number of nitrogens with one attached hydrogen (secondary N) is 2. The summed E-state index contributed by atoms with van der Waals surface area (Å²) < 4.78 is 5.93. The molecule has 2 unspecified atom stereocenters. The summed E-state index contributed by atoms with van der Waals surface area (Å²) >= 11 is 0. The summed E-state index contributed by atoms with van der Waals surface area (Å²) in [4.78, 5) is 18.7. The first-order valence-electron chi connectivity index (χ1n) is 9.96. The molecule has 1 heterocycles. The fourth-order valence-electron chi connectivity index (χ4n) is 3.06. The lowest BCUT2D eigenvalue weighted by atomic mass is 10.2. The number of carbonyl (C=O) groups excluding carboxylic acids is 1. The molecule has 0 spiro atoms. The van der Waals surface area contributed by atoms with E-state index in [2.05, 4.69) is 22.5 Å². The SMILES string of the molecule is CCNC(=NCC(C)Oc1ccc(C)cc1)NC1CCN(C(=O)C(C)C)C1. The van der Waals surface area contributed by atoms with E-state index in [1.807, 2.05) is 56.9 Å².